The van der Waals surface area contributed by atoms with Crippen molar-refractivity contribution in [3.8, 4) is 12.3 Å². The number of fused-ring (bicyclic) bond motifs is 1. The second kappa shape index (κ2) is 10.4. The van der Waals surface area contributed by atoms with Gasteiger partial charge in [-0.15, -0.1) is 17.8 Å². The Balaban J connectivity index is 1.29. The maximum absolute atomic E-state index is 13.3. The molecule has 1 fully saturated rings. The molecular formula is C29H29N7OS. The summed E-state index contributed by atoms with van der Waals surface area (Å²) in [5.74, 6) is 2.93. The zero-order valence-electron chi connectivity index (χ0n) is 21.3. The van der Waals surface area contributed by atoms with Gasteiger partial charge in [-0.2, -0.15) is 4.98 Å². The molecule has 8 nitrogen and oxygen atoms in total. The molecule has 0 bridgehead atoms. The number of thiazole rings is 1. The van der Waals surface area contributed by atoms with E-state index in [0.717, 1.165) is 60.7 Å². The molecule has 1 aliphatic heterocycles. The molecule has 2 N–H and O–H groups in total. The van der Waals surface area contributed by atoms with Crippen LogP contribution in [0.25, 0.3) is 16.6 Å². The van der Waals surface area contributed by atoms with Crippen LogP contribution in [0.4, 0.5) is 17.3 Å². The fourth-order valence-electron chi connectivity index (χ4n) is 5.21. The quantitative estimate of drug-likeness (QED) is 0.339. The minimum absolute atomic E-state index is 0.253. The molecule has 1 unspecified atom stereocenters. The van der Waals surface area contributed by atoms with Gasteiger partial charge in [0, 0.05) is 35.5 Å². The Bertz CT molecular complexity index is 1610. The van der Waals surface area contributed by atoms with Crippen molar-refractivity contribution < 1.29 is 0 Å². The van der Waals surface area contributed by atoms with Crippen molar-refractivity contribution >= 4 is 45.3 Å². The SMILES string of the molecule is C#Cc1cc2cnc(Nc3ccc(NC4CCN(C)C4)cc3)nc2n(Cc2ncsc2C2=CCCC2)c1=O. The Morgan fingerprint density at radius 1 is 1.21 bits per heavy atom. The predicted molar refractivity (Wildman–Crippen MR) is 154 cm³/mol. The lowest BCUT2D eigenvalue weighted by atomic mass is 10.1. The number of pyridine rings is 1. The van der Waals surface area contributed by atoms with Crippen molar-refractivity contribution in [1.82, 2.24) is 24.4 Å². The summed E-state index contributed by atoms with van der Waals surface area (Å²) >= 11 is 1.62. The molecule has 1 saturated heterocycles. The third-order valence-corrected chi connectivity index (χ3v) is 8.11. The van der Waals surface area contributed by atoms with E-state index in [4.69, 9.17) is 11.4 Å². The molecule has 3 aromatic heterocycles. The van der Waals surface area contributed by atoms with Crippen LogP contribution in [-0.2, 0) is 6.54 Å². The number of aromatic nitrogens is 4. The normalized spacial score (nSPS) is 17.5. The zero-order valence-corrected chi connectivity index (χ0v) is 22.1. The van der Waals surface area contributed by atoms with Crippen molar-refractivity contribution in [2.24, 2.45) is 0 Å². The summed E-state index contributed by atoms with van der Waals surface area (Å²) < 4.78 is 1.62. The van der Waals surface area contributed by atoms with Crippen molar-refractivity contribution in [2.45, 2.75) is 38.3 Å². The largest absolute Gasteiger partial charge is 0.381 e. The molecule has 192 valence electrons. The van der Waals surface area contributed by atoms with E-state index in [1.807, 2.05) is 17.6 Å². The Kier molecular flexibility index (Phi) is 6.66. The second-order valence-corrected chi connectivity index (χ2v) is 10.8. The van der Waals surface area contributed by atoms with Gasteiger partial charge in [0.05, 0.1) is 28.2 Å². The molecule has 0 amide bonds. The van der Waals surface area contributed by atoms with E-state index >= 15 is 0 Å². The van der Waals surface area contributed by atoms with Crippen molar-refractivity contribution in [3.63, 3.8) is 0 Å². The number of likely N-dealkylation sites (tertiary alicyclic amines) is 1. The number of anilines is 3. The highest BCUT2D eigenvalue weighted by atomic mass is 32.1. The van der Waals surface area contributed by atoms with E-state index in [1.54, 1.807) is 28.2 Å². The number of hydrogen-bond donors (Lipinski definition) is 2. The van der Waals surface area contributed by atoms with E-state index < -0.39 is 0 Å². The number of benzene rings is 1. The van der Waals surface area contributed by atoms with E-state index in [9.17, 15) is 4.79 Å². The van der Waals surface area contributed by atoms with Crippen LogP contribution in [0, 0.1) is 12.3 Å². The Morgan fingerprint density at radius 3 is 2.79 bits per heavy atom. The molecule has 1 atom stereocenters. The van der Waals surface area contributed by atoms with Gasteiger partial charge in [0.1, 0.15) is 5.65 Å². The van der Waals surface area contributed by atoms with Crippen LogP contribution in [0.2, 0.25) is 0 Å². The fraction of sp³-hybridized carbons (Fsp3) is 0.310. The van der Waals surface area contributed by atoms with Crippen LogP contribution in [0.3, 0.4) is 0 Å². The average Bonchev–Trinajstić information content (AvgIpc) is 3.69. The monoisotopic (exact) mass is 523 g/mol. The molecule has 0 saturated carbocycles. The first-order valence-electron chi connectivity index (χ1n) is 12.9. The van der Waals surface area contributed by atoms with E-state index in [1.165, 1.54) is 5.57 Å². The molecule has 0 spiro atoms. The molecular weight excluding hydrogens is 494 g/mol. The summed E-state index contributed by atoms with van der Waals surface area (Å²) in [4.78, 5) is 30.6. The molecule has 2 aliphatic rings. The first-order chi connectivity index (χ1) is 18.6. The van der Waals surface area contributed by atoms with Crippen LogP contribution in [0.1, 0.15) is 41.8 Å². The third kappa shape index (κ3) is 4.93. The van der Waals surface area contributed by atoms with Crippen molar-refractivity contribution in [3.05, 3.63) is 74.6 Å². The van der Waals surface area contributed by atoms with Crippen LogP contribution < -0.4 is 16.2 Å². The van der Waals surface area contributed by atoms with Gasteiger partial charge in [-0.05, 0) is 75.2 Å². The molecule has 1 aliphatic carbocycles. The summed E-state index contributed by atoms with van der Waals surface area (Å²) in [7, 11) is 2.15. The standard InChI is InChI=1S/C29H29N7OS/c1-3-19-14-21-15-30-29(33-23-10-8-22(9-11-23)32-24-12-13-35(2)16-24)34-27(21)36(28(19)37)17-25-26(38-18-31-25)20-6-4-5-7-20/h1,6,8-11,14-15,18,24,32H,4-5,7,12-13,16-17H2,2H3,(H,30,33,34). The first-order valence-corrected chi connectivity index (χ1v) is 13.8. The van der Waals surface area contributed by atoms with E-state index in [0.29, 0.717) is 29.6 Å². The summed E-state index contributed by atoms with van der Waals surface area (Å²) in [5, 5.41) is 7.58. The van der Waals surface area contributed by atoms with Gasteiger partial charge in [-0.25, -0.2) is 9.97 Å². The molecule has 4 heterocycles. The predicted octanol–water partition coefficient (Wildman–Crippen LogP) is 4.70. The lowest BCUT2D eigenvalue weighted by Crippen LogP contribution is -2.25. The molecule has 38 heavy (non-hydrogen) atoms. The number of likely N-dealkylation sites (N-methyl/N-ethyl adjacent to an activating group) is 1. The van der Waals surface area contributed by atoms with Crippen molar-refractivity contribution in [2.75, 3.05) is 30.8 Å². The van der Waals surface area contributed by atoms with Gasteiger partial charge in [-0.1, -0.05) is 12.0 Å². The van der Waals surface area contributed by atoms with Gasteiger partial charge in [0.15, 0.2) is 0 Å². The lowest BCUT2D eigenvalue weighted by molar-refractivity contribution is 0.414. The van der Waals surface area contributed by atoms with Gasteiger partial charge in [0.2, 0.25) is 5.95 Å². The van der Waals surface area contributed by atoms with Gasteiger partial charge in [0.25, 0.3) is 5.56 Å². The van der Waals surface area contributed by atoms with Gasteiger partial charge in [-0.3, -0.25) is 9.36 Å². The second-order valence-electron chi connectivity index (χ2n) is 9.91. The highest BCUT2D eigenvalue weighted by Crippen LogP contribution is 2.33. The maximum atomic E-state index is 13.3. The van der Waals surface area contributed by atoms with Gasteiger partial charge < -0.3 is 15.5 Å². The summed E-state index contributed by atoms with van der Waals surface area (Å²) in [5.41, 5.74) is 6.52. The summed E-state index contributed by atoms with van der Waals surface area (Å²) in [6.07, 6.45) is 14.1. The fourth-order valence-corrected chi connectivity index (χ4v) is 6.08. The molecule has 4 aromatic rings. The maximum Gasteiger partial charge on any atom is 0.268 e. The van der Waals surface area contributed by atoms with Crippen LogP contribution >= 0.6 is 11.3 Å². The smallest absolute Gasteiger partial charge is 0.268 e. The number of allylic oxidation sites excluding steroid dienone is 2. The molecule has 9 heteroatoms. The molecule has 0 radical (unpaired) electrons. The first kappa shape index (κ1) is 24.3. The highest BCUT2D eigenvalue weighted by molar-refractivity contribution is 7.10. The van der Waals surface area contributed by atoms with Crippen LogP contribution in [-0.4, -0.2) is 50.6 Å². The Hall–Kier alpha value is -4.00. The Labute approximate surface area is 225 Å². The molecule has 6 rings (SSSR count). The number of rotatable bonds is 7. The highest BCUT2D eigenvalue weighted by Gasteiger charge is 2.20. The van der Waals surface area contributed by atoms with E-state index in [-0.39, 0.29) is 11.1 Å². The number of nitrogens with zero attached hydrogens (tertiary/aromatic N) is 5. The van der Waals surface area contributed by atoms with E-state index in [2.05, 4.69) is 56.7 Å². The number of terminal acetylenes is 1. The molecule has 1 aromatic carbocycles. The van der Waals surface area contributed by atoms with Crippen molar-refractivity contribution in [1.29, 1.82) is 0 Å². The zero-order chi connectivity index (χ0) is 26.1. The lowest BCUT2D eigenvalue weighted by Gasteiger charge is -2.15. The minimum Gasteiger partial charge on any atom is -0.381 e. The Morgan fingerprint density at radius 2 is 2.05 bits per heavy atom. The number of nitrogens with one attached hydrogen (secondary N) is 2. The van der Waals surface area contributed by atoms with Gasteiger partial charge >= 0.3 is 0 Å². The summed E-state index contributed by atoms with van der Waals surface area (Å²) in [6.45, 7) is 2.47. The summed E-state index contributed by atoms with van der Waals surface area (Å²) in [6, 6.07) is 10.3. The van der Waals surface area contributed by atoms with Crippen LogP contribution in [0.5, 0.6) is 0 Å². The topological polar surface area (TPSA) is 88.0 Å². The number of hydrogen-bond acceptors (Lipinski definition) is 8. The van der Waals surface area contributed by atoms with Crippen LogP contribution in [0.15, 0.2) is 52.9 Å². The average molecular weight is 524 g/mol. The minimum atomic E-state index is -0.253. The third-order valence-electron chi connectivity index (χ3n) is 7.17.